The Bertz CT molecular complexity index is 430. The Morgan fingerprint density at radius 2 is 2.21 bits per heavy atom. The lowest BCUT2D eigenvalue weighted by molar-refractivity contribution is 0.171. The Morgan fingerprint density at radius 1 is 1.47 bits per heavy atom. The van der Waals surface area contributed by atoms with Gasteiger partial charge in [-0.15, -0.1) is 6.58 Å². The van der Waals surface area contributed by atoms with Crippen LogP contribution in [0.15, 0.2) is 30.9 Å². The van der Waals surface area contributed by atoms with Gasteiger partial charge in [0.1, 0.15) is 11.6 Å². The summed E-state index contributed by atoms with van der Waals surface area (Å²) >= 11 is 0. The molecule has 104 valence electrons. The fraction of sp³-hybridized carbons (Fsp3) is 0.467. The minimum atomic E-state index is -0.204. The van der Waals surface area contributed by atoms with Crippen molar-refractivity contribution in [1.82, 2.24) is 10.2 Å². The van der Waals surface area contributed by atoms with Crippen LogP contribution in [0.25, 0.3) is 0 Å². The molecule has 4 heteroatoms. The summed E-state index contributed by atoms with van der Waals surface area (Å²) in [7, 11) is 1.55. The summed E-state index contributed by atoms with van der Waals surface area (Å²) in [5, 5.41) is 3.31. The second kappa shape index (κ2) is 6.68. The average Bonchev–Trinajstić information content (AvgIpc) is 2.46. The molecule has 1 aliphatic rings. The highest BCUT2D eigenvalue weighted by molar-refractivity contribution is 5.31. The van der Waals surface area contributed by atoms with Crippen molar-refractivity contribution in [1.29, 1.82) is 0 Å². The zero-order chi connectivity index (χ0) is 13.7. The number of halogens is 1. The maximum Gasteiger partial charge on any atom is 0.131 e. The largest absolute Gasteiger partial charge is 0.497 e. The van der Waals surface area contributed by atoms with E-state index in [1.165, 1.54) is 6.07 Å². The quantitative estimate of drug-likeness (QED) is 0.826. The van der Waals surface area contributed by atoms with Gasteiger partial charge in [-0.1, -0.05) is 12.1 Å². The summed E-state index contributed by atoms with van der Waals surface area (Å²) in [6.45, 7) is 7.56. The summed E-state index contributed by atoms with van der Waals surface area (Å²) in [4.78, 5) is 2.31. The summed E-state index contributed by atoms with van der Waals surface area (Å²) < 4.78 is 19.3. The smallest absolute Gasteiger partial charge is 0.131 e. The zero-order valence-electron chi connectivity index (χ0n) is 11.4. The third-order valence-electron chi connectivity index (χ3n) is 3.55. The van der Waals surface area contributed by atoms with E-state index in [-0.39, 0.29) is 11.9 Å². The van der Waals surface area contributed by atoms with Gasteiger partial charge < -0.3 is 10.1 Å². The van der Waals surface area contributed by atoms with Gasteiger partial charge in [0.05, 0.1) is 7.11 Å². The molecule has 0 saturated carbocycles. The number of ether oxygens (including phenoxy) is 1. The van der Waals surface area contributed by atoms with Gasteiger partial charge in [0.2, 0.25) is 0 Å². The van der Waals surface area contributed by atoms with Crippen molar-refractivity contribution >= 4 is 0 Å². The zero-order valence-corrected chi connectivity index (χ0v) is 11.4. The highest BCUT2D eigenvalue weighted by Crippen LogP contribution is 2.29. The van der Waals surface area contributed by atoms with E-state index >= 15 is 0 Å². The standard InChI is InChI=1S/C15H21FN2O/c1-3-4-15(18-9-7-17-8-10-18)13-6-5-12(19-2)11-14(13)16/h3,5-6,11,15,17H,1,4,7-10H2,2H3/t15-/m1/s1. The monoisotopic (exact) mass is 264 g/mol. The van der Waals surface area contributed by atoms with Crippen LogP contribution in [0.1, 0.15) is 18.0 Å². The molecule has 0 aromatic heterocycles. The van der Waals surface area contributed by atoms with Crippen LogP contribution in [0.2, 0.25) is 0 Å². The SMILES string of the molecule is C=CC[C@H](c1ccc(OC)cc1F)N1CCNCC1. The number of hydrogen-bond acceptors (Lipinski definition) is 3. The molecule has 0 bridgehead atoms. The minimum Gasteiger partial charge on any atom is -0.497 e. The van der Waals surface area contributed by atoms with Crippen LogP contribution >= 0.6 is 0 Å². The molecule has 2 rings (SSSR count). The first-order valence-corrected chi connectivity index (χ1v) is 6.65. The number of rotatable bonds is 5. The van der Waals surface area contributed by atoms with E-state index in [1.54, 1.807) is 7.11 Å². The fourth-order valence-electron chi connectivity index (χ4n) is 2.53. The normalized spacial score (nSPS) is 18.0. The molecule has 1 aromatic rings. The van der Waals surface area contributed by atoms with Gasteiger partial charge in [0.15, 0.2) is 0 Å². The molecule has 0 radical (unpaired) electrons. The third-order valence-corrected chi connectivity index (χ3v) is 3.55. The first-order valence-electron chi connectivity index (χ1n) is 6.65. The molecule has 1 aromatic carbocycles. The molecular weight excluding hydrogens is 243 g/mol. The molecule has 1 atom stereocenters. The van der Waals surface area contributed by atoms with Gasteiger partial charge in [-0.2, -0.15) is 0 Å². The molecule has 1 saturated heterocycles. The van der Waals surface area contributed by atoms with Crippen LogP contribution in [0.4, 0.5) is 4.39 Å². The topological polar surface area (TPSA) is 24.5 Å². The average molecular weight is 264 g/mol. The van der Waals surface area contributed by atoms with Crippen molar-refractivity contribution in [2.75, 3.05) is 33.3 Å². The van der Waals surface area contributed by atoms with Crippen molar-refractivity contribution in [2.24, 2.45) is 0 Å². The first-order chi connectivity index (χ1) is 9.26. The van der Waals surface area contributed by atoms with E-state index < -0.39 is 0 Å². The number of nitrogens with zero attached hydrogens (tertiary/aromatic N) is 1. The molecular formula is C15H21FN2O. The van der Waals surface area contributed by atoms with Crippen LogP contribution in [0.5, 0.6) is 5.75 Å². The second-order valence-electron chi connectivity index (χ2n) is 4.71. The lowest BCUT2D eigenvalue weighted by atomic mass is 10.0. The molecule has 0 spiro atoms. The van der Waals surface area contributed by atoms with Crippen LogP contribution in [-0.4, -0.2) is 38.2 Å². The Kier molecular flexibility index (Phi) is 4.93. The van der Waals surface area contributed by atoms with Gasteiger partial charge in [0, 0.05) is 43.9 Å². The van der Waals surface area contributed by atoms with E-state index in [1.807, 2.05) is 18.2 Å². The highest BCUT2D eigenvalue weighted by Gasteiger charge is 2.23. The summed E-state index contributed by atoms with van der Waals surface area (Å²) in [5.41, 5.74) is 0.725. The molecule has 0 amide bonds. The van der Waals surface area contributed by atoms with Gasteiger partial charge in [0.25, 0.3) is 0 Å². The van der Waals surface area contributed by atoms with Crippen molar-refractivity contribution in [3.63, 3.8) is 0 Å². The van der Waals surface area contributed by atoms with E-state index in [9.17, 15) is 4.39 Å². The van der Waals surface area contributed by atoms with Gasteiger partial charge in [-0.25, -0.2) is 4.39 Å². The van der Waals surface area contributed by atoms with Crippen LogP contribution < -0.4 is 10.1 Å². The van der Waals surface area contributed by atoms with Crippen LogP contribution in [0, 0.1) is 5.82 Å². The maximum absolute atomic E-state index is 14.2. The van der Waals surface area contributed by atoms with E-state index in [2.05, 4.69) is 16.8 Å². The Hall–Kier alpha value is -1.39. The first kappa shape index (κ1) is 14.0. The predicted molar refractivity (Wildman–Crippen MR) is 74.9 cm³/mol. The number of nitrogens with one attached hydrogen (secondary N) is 1. The minimum absolute atomic E-state index is 0.0607. The number of piperazine rings is 1. The summed E-state index contributed by atoms with van der Waals surface area (Å²) in [5.74, 6) is 0.351. The fourth-order valence-corrected chi connectivity index (χ4v) is 2.53. The van der Waals surface area contributed by atoms with Gasteiger partial charge >= 0.3 is 0 Å². The highest BCUT2D eigenvalue weighted by atomic mass is 19.1. The second-order valence-corrected chi connectivity index (χ2v) is 4.71. The van der Waals surface area contributed by atoms with Crippen LogP contribution in [0.3, 0.4) is 0 Å². The molecule has 1 aliphatic heterocycles. The Labute approximate surface area is 114 Å². The van der Waals surface area contributed by atoms with Crippen molar-refractivity contribution in [2.45, 2.75) is 12.5 Å². The third kappa shape index (κ3) is 3.33. The lowest BCUT2D eigenvalue weighted by Crippen LogP contribution is -2.45. The number of methoxy groups -OCH3 is 1. The molecule has 0 unspecified atom stereocenters. The summed E-state index contributed by atoms with van der Waals surface area (Å²) in [6.07, 6.45) is 2.61. The van der Waals surface area contributed by atoms with Crippen LogP contribution in [-0.2, 0) is 0 Å². The maximum atomic E-state index is 14.2. The number of benzene rings is 1. The molecule has 0 aliphatic carbocycles. The van der Waals surface area contributed by atoms with Gasteiger partial charge in [-0.05, 0) is 12.5 Å². The van der Waals surface area contributed by atoms with Gasteiger partial charge in [-0.3, -0.25) is 4.90 Å². The molecule has 3 nitrogen and oxygen atoms in total. The number of hydrogen-bond donors (Lipinski definition) is 1. The predicted octanol–water partition coefficient (Wildman–Crippen LogP) is 2.36. The summed E-state index contributed by atoms with van der Waals surface area (Å²) in [6, 6.07) is 5.15. The van der Waals surface area contributed by atoms with E-state index in [0.29, 0.717) is 5.75 Å². The molecule has 19 heavy (non-hydrogen) atoms. The van der Waals surface area contributed by atoms with E-state index in [0.717, 1.165) is 38.2 Å². The molecule has 1 heterocycles. The Balaban J connectivity index is 2.24. The van der Waals surface area contributed by atoms with E-state index in [4.69, 9.17) is 4.74 Å². The lowest BCUT2D eigenvalue weighted by Gasteiger charge is -2.35. The molecule has 1 N–H and O–H groups in total. The Morgan fingerprint density at radius 3 is 2.79 bits per heavy atom. The molecule has 1 fully saturated rings. The van der Waals surface area contributed by atoms with Crippen molar-refractivity contribution in [3.05, 3.63) is 42.2 Å². The van der Waals surface area contributed by atoms with Crippen molar-refractivity contribution in [3.8, 4) is 5.75 Å². The van der Waals surface area contributed by atoms with Crippen molar-refractivity contribution < 1.29 is 9.13 Å².